The molecule has 2 aliphatic heterocycles. The van der Waals surface area contributed by atoms with Crippen molar-refractivity contribution in [1.29, 1.82) is 0 Å². The summed E-state index contributed by atoms with van der Waals surface area (Å²) in [5.74, 6) is -1.16. The number of rotatable bonds is 3. The number of hydrogen-bond donors (Lipinski definition) is 2. The van der Waals surface area contributed by atoms with Crippen LogP contribution in [0.2, 0.25) is 0 Å². The molecule has 2 aliphatic rings. The van der Waals surface area contributed by atoms with E-state index in [0.717, 1.165) is 0 Å². The lowest BCUT2D eigenvalue weighted by Crippen LogP contribution is -2.76. The maximum atomic E-state index is 11.7. The zero-order valence-corrected chi connectivity index (χ0v) is 9.83. The molecule has 2 heterocycles. The van der Waals surface area contributed by atoms with Crippen LogP contribution in [-0.2, 0) is 14.3 Å². The molecular weight excluding hydrogens is 266 g/mol. The average Bonchev–Trinajstić information content (AvgIpc) is 2.36. The minimum Gasteiger partial charge on any atom is -0.453 e. The summed E-state index contributed by atoms with van der Waals surface area (Å²) >= 11 is 3.25. The van der Waals surface area contributed by atoms with Gasteiger partial charge in [-0.2, -0.15) is 0 Å². The van der Waals surface area contributed by atoms with Crippen LogP contribution in [0.4, 0.5) is 0 Å². The summed E-state index contributed by atoms with van der Waals surface area (Å²) in [6.45, 7) is 1.28. The summed E-state index contributed by atoms with van der Waals surface area (Å²) in [5, 5.41) is 12.5. The van der Waals surface area contributed by atoms with Crippen molar-refractivity contribution in [2.45, 2.75) is 24.5 Å². The van der Waals surface area contributed by atoms with Gasteiger partial charge >= 0.3 is 5.97 Å². The van der Waals surface area contributed by atoms with Gasteiger partial charge in [-0.15, -0.1) is 0 Å². The lowest BCUT2D eigenvalue weighted by molar-refractivity contribution is -0.224. The summed E-state index contributed by atoms with van der Waals surface area (Å²) in [5.41, 5.74) is -2.11. The van der Waals surface area contributed by atoms with Crippen molar-refractivity contribution in [1.82, 2.24) is 5.32 Å². The Labute approximate surface area is 95.3 Å². The van der Waals surface area contributed by atoms with E-state index in [1.165, 1.54) is 0 Å². The molecule has 2 rings (SSSR count). The summed E-state index contributed by atoms with van der Waals surface area (Å²) in [7, 11) is 0. The zero-order chi connectivity index (χ0) is 11.3. The molecule has 0 aromatic rings. The lowest BCUT2D eigenvalue weighted by Gasteiger charge is -2.50. The lowest BCUT2D eigenvalue weighted by atomic mass is 9.71. The van der Waals surface area contributed by atoms with Crippen molar-refractivity contribution >= 4 is 27.8 Å². The number of halogens is 1. The zero-order valence-electron chi connectivity index (χ0n) is 8.25. The van der Waals surface area contributed by atoms with Gasteiger partial charge in [-0.25, -0.2) is 4.79 Å². The molecule has 0 bridgehead atoms. The third-order valence-electron chi connectivity index (χ3n) is 3.45. The molecule has 3 atom stereocenters. The van der Waals surface area contributed by atoms with Crippen LogP contribution < -0.4 is 5.32 Å². The van der Waals surface area contributed by atoms with Gasteiger partial charge in [0.1, 0.15) is 0 Å². The molecular formula is C9H12BrNO4. The highest BCUT2D eigenvalue weighted by molar-refractivity contribution is 9.09. The number of alkyl halides is 1. The molecule has 0 radical (unpaired) electrons. The first-order chi connectivity index (χ1) is 7.02. The van der Waals surface area contributed by atoms with Crippen molar-refractivity contribution in [2.75, 3.05) is 11.9 Å². The van der Waals surface area contributed by atoms with Gasteiger partial charge in [-0.1, -0.05) is 15.9 Å². The van der Waals surface area contributed by atoms with Crippen molar-refractivity contribution in [2.24, 2.45) is 5.92 Å². The molecule has 0 aromatic carbocycles. The number of aliphatic hydroxyl groups excluding tert-OH is 1. The number of fused-ring (bicyclic) bond motifs is 1. The maximum Gasteiger partial charge on any atom is 0.339 e. The largest absolute Gasteiger partial charge is 0.453 e. The Hall–Kier alpha value is -0.620. The van der Waals surface area contributed by atoms with Crippen LogP contribution in [0.3, 0.4) is 0 Å². The second-order valence-corrected chi connectivity index (χ2v) is 4.87. The molecule has 0 aromatic heterocycles. The van der Waals surface area contributed by atoms with E-state index in [0.29, 0.717) is 11.8 Å². The molecule has 2 fully saturated rings. The summed E-state index contributed by atoms with van der Waals surface area (Å²) in [6, 6.07) is 0. The Kier molecular flexibility index (Phi) is 2.31. The van der Waals surface area contributed by atoms with Gasteiger partial charge in [0, 0.05) is 5.33 Å². The molecule has 0 aliphatic carbocycles. The average molecular weight is 278 g/mol. The van der Waals surface area contributed by atoms with E-state index in [1.807, 2.05) is 0 Å². The topological polar surface area (TPSA) is 75.6 Å². The van der Waals surface area contributed by atoms with Gasteiger partial charge in [0.15, 0.2) is 5.60 Å². The van der Waals surface area contributed by atoms with E-state index < -0.39 is 23.7 Å². The number of amides is 1. The molecule has 0 spiro atoms. The van der Waals surface area contributed by atoms with Crippen molar-refractivity contribution in [3.8, 4) is 0 Å². The Morgan fingerprint density at radius 3 is 2.67 bits per heavy atom. The molecule has 2 N–H and O–H groups in total. The van der Waals surface area contributed by atoms with Crippen LogP contribution in [0.5, 0.6) is 0 Å². The van der Waals surface area contributed by atoms with Crippen LogP contribution in [0, 0.1) is 5.92 Å². The van der Waals surface area contributed by atoms with Gasteiger partial charge in [0.25, 0.3) is 0 Å². The van der Waals surface area contributed by atoms with Gasteiger partial charge in [-0.05, 0) is 13.3 Å². The Balaban J connectivity index is 2.34. The SMILES string of the molecule is C[C@@]12OC(=O)[C@]1(CO)NC(=O)[C@@H]2CCBr. The van der Waals surface area contributed by atoms with Crippen molar-refractivity contribution in [3.63, 3.8) is 0 Å². The van der Waals surface area contributed by atoms with E-state index in [1.54, 1.807) is 6.92 Å². The number of aliphatic hydroxyl groups is 1. The van der Waals surface area contributed by atoms with Gasteiger partial charge in [-0.3, -0.25) is 4.79 Å². The van der Waals surface area contributed by atoms with Crippen LogP contribution in [0.1, 0.15) is 13.3 Å². The Morgan fingerprint density at radius 2 is 2.27 bits per heavy atom. The van der Waals surface area contributed by atoms with Crippen molar-refractivity contribution in [3.05, 3.63) is 0 Å². The number of carbonyl (C=O) groups is 2. The second-order valence-electron chi connectivity index (χ2n) is 4.08. The molecule has 2 saturated heterocycles. The molecule has 1 amide bonds. The third kappa shape index (κ3) is 1.06. The standard InChI is InChI=1S/C9H12BrNO4/c1-8-5(2-3-10)6(13)11-9(8,4-12)7(14)15-8/h5,12H,2-4H2,1H3,(H,11,13)/t5-,8-,9-/m0/s1. The van der Waals surface area contributed by atoms with E-state index in [4.69, 9.17) is 4.74 Å². The monoisotopic (exact) mass is 277 g/mol. The summed E-state index contributed by atoms with van der Waals surface area (Å²) in [6.07, 6.45) is 0.581. The Bertz CT molecular complexity index is 334. The minimum atomic E-state index is -1.21. The van der Waals surface area contributed by atoms with Crippen LogP contribution in [-0.4, -0.2) is 40.1 Å². The predicted octanol–water partition coefficient (Wildman–Crippen LogP) is -0.436. The summed E-state index contributed by atoms with van der Waals surface area (Å²) < 4.78 is 5.08. The van der Waals surface area contributed by atoms with E-state index in [2.05, 4.69) is 21.2 Å². The highest BCUT2D eigenvalue weighted by atomic mass is 79.9. The maximum absolute atomic E-state index is 11.7. The first-order valence-corrected chi connectivity index (χ1v) is 5.86. The first kappa shape index (κ1) is 10.9. The highest BCUT2D eigenvalue weighted by Gasteiger charge is 2.75. The van der Waals surface area contributed by atoms with Crippen molar-refractivity contribution < 1.29 is 19.4 Å². The summed E-state index contributed by atoms with van der Waals surface area (Å²) in [4.78, 5) is 23.0. The third-order valence-corrected chi connectivity index (χ3v) is 3.91. The minimum absolute atomic E-state index is 0.225. The fourth-order valence-electron chi connectivity index (χ4n) is 2.39. The number of carbonyl (C=O) groups excluding carboxylic acids is 2. The number of esters is 1. The fraction of sp³-hybridized carbons (Fsp3) is 0.778. The molecule has 0 unspecified atom stereocenters. The van der Waals surface area contributed by atoms with Crippen LogP contribution >= 0.6 is 15.9 Å². The fourth-order valence-corrected chi connectivity index (χ4v) is 2.85. The van der Waals surface area contributed by atoms with Gasteiger partial charge in [0.2, 0.25) is 11.4 Å². The van der Waals surface area contributed by atoms with E-state index >= 15 is 0 Å². The quantitative estimate of drug-likeness (QED) is 0.542. The van der Waals surface area contributed by atoms with Crippen LogP contribution in [0.25, 0.3) is 0 Å². The van der Waals surface area contributed by atoms with E-state index in [9.17, 15) is 14.7 Å². The predicted molar refractivity (Wildman–Crippen MR) is 54.4 cm³/mol. The molecule has 5 nitrogen and oxygen atoms in total. The van der Waals surface area contributed by atoms with Gasteiger partial charge in [0.05, 0.1) is 12.5 Å². The van der Waals surface area contributed by atoms with E-state index in [-0.39, 0.29) is 11.8 Å². The molecule has 84 valence electrons. The molecule has 15 heavy (non-hydrogen) atoms. The molecule has 6 heteroatoms. The highest BCUT2D eigenvalue weighted by Crippen LogP contribution is 2.49. The normalized spacial score (nSPS) is 43.0. The number of hydrogen-bond acceptors (Lipinski definition) is 4. The molecule has 0 saturated carbocycles. The number of nitrogens with one attached hydrogen (secondary N) is 1. The smallest absolute Gasteiger partial charge is 0.339 e. The van der Waals surface area contributed by atoms with Gasteiger partial charge < -0.3 is 15.2 Å². The first-order valence-electron chi connectivity index (χ1n) is 4.74. The Morgan fingerprint density at radius 1 is 1.60 bits per heavy atom. The van der Waals surface area contributed by atoms with Crippen LogP contribution in [0.15, 0.2) is 0 Å². The number of ether oxygens (including phenoxy) is 1. The second kappa shape index (κ2) is 3.18.